The molecule has 26 heavy (non-hydrogen) atoms. The lowest BCUT2D eigenvalue weighted by molar-refractivity contribution is 0.404. The van der Waals surface area contributed by atoms with Crippen LogP contribution in [0.4, 0.5) is 10.7 Å². The number of nitrogens with one attached hydrogen (secondary N) is 1. The van der Waals surface area contributed by atoms with E-state index in [1.165, 1.54) is 11.3 Å². The first kappa shape index (κ1) is 15.0. The van der Waals surface area contributed by atoms with Gasteiger partial charge in [-0.15, -0.1) is 0 Å². The lowest BCUT2D eigenvalue weighted by Crippen LogP contribution is -2.38. The molecule has 2 aromatic rings. The normalized spacial score (nSPS) is 23.8. The van der Waals surface area contributed by atoms with Gasteiger partial charge >= 0.3 is 0 Å². The summed E-state index contributed by atoms with van der Waals surface area (Å²) in [6.07, 6.45) is 4.23. The van der Waals surface area contributed by atoms with Gasteiger partial charge in [-0.2, -0.15) is 4.98 Å². The fraction of sp³-hybridized carbons (Fsp3) is 0.412. The molecule has 0 bridgehead atoms. The maximum absolute atomic E-state index is 10.2. The Balaban J connectivity index is 1.33. The van der Waals surface area contributed by atoms with Crippen molar-refractivity contribution in [2.45, 2.75) is 31.6 Å². The third kappa shape index (κ3) is 1.95. The van der Waals surface area contributed by atoms with Gasteiger partial charge < -0.3 is 19.1 Å². The fourth-order valence-electron chi connectivity index (χ4n) is 3.29. The topological polar surface area (TPSA) is 92.8 Å². The van der Waals surface area contributed by atoms with Crippen LogP contribution in [-0.2, 0) is 0 Å². The number of thiazole rings is 1. The van der Waals surface area contributed by atoms with Crippen LogP contribution in [0.25, 0.3) is 0 Å². The number of aliphatic imine (C=N–C) groups is 1. The van der Waals surface area contributed by atoms with E-state index in [1.54, 1.807) is 0 Å². The number of nitrogens with zero attached hydrogens (tertiary/aromatic N) is 3. The van der Waals surface area contributed by atoms with Gasteiger partial charge in [0, 0.05) is 13.0 Å². The molecule has 1 spiro atoms. The summed E-state index contributed by atoms with van der Waals surface area (Å²) in [5, 5.41) is 20.2. The summed E-state index contributed by atoms with van der Waals surface area (Å²) < 4.78 is 11.2. The van der Waals surface area contributed by atoms with Crippen molar-refractivity contribution < 1.29 is 13.8 Å². The predicted molar refractivity (Wildman–Crippen MR) is 101 cm³/mol. The summed E-state index contributed by atoms with van der Waals surface area (Å²) in [7, 11) is 1.14. The Kier molecular flexibility index (Phi) is 2.86. The molecule has 0 saturated heterocycles. The van der Waals surface area contributed by atoms with E-state index in [1.807, 2.05) is 7.05 Å². The van der Waals surface area contributed by atoms with Gasteiger partial charge in [0.1, 0.15) is 21.5 Å². The van der Waals surface area contributed by atoms with Crippen LogP contribution >= 0.6 is 22.1 Å². The molecule has 132 valence electrons. The number of anilines is 1. The average Bonchev–Trinajstić information content (AvgIpc) is 3.58. The zero-order chi connectivity index (χ0) is 17.5. The first-order chi connectivity index (χ1) is 12.7. The average molecular weight is 386 g/mol. The summed E-state index contributed by atoms with van der Waals surface area (Å²) in [5.74, 6) is 7.52. The molecule has 9 heteroatoms. The Morgan fingerprint density at radius 2 is 2.19 bits per heavy atom. The van der Waals surface area contributed by atoms with Gasteiger partial charge in [-0.1, -0.05) is 16.5 Å². The molecular formula is C17H14N4O3S2. The Morgan fingerprint density at radius 3 is 2.92 bits per heavy atom. The first-order valence-electron chi connectivity index (χ1n) is 8.48. The van der Waals surface area contributed by atoms with Crippen molar-refractivity contribution in [2.24, 2.45) is 10.4 Å². The summed E-state index contributed by atoms with van der Waals surface area (Å²) in [6.45, 7) is 0. The molecule has 2 aliphatic heterocycles. The SMILES string of the molecule is CNc1c(C2CC2)noc1C#Cc1nc2c(s1)N=C1S(=C(O)C13CC3)O2. The highest BCUT2D eigenvalue weighted by molar-refractivity contribution is 8.27. The summed E-state index contributed by atoms with van der Waals surface area (Å²) in [6, 6.07) is 0. The Labute approximate surface area is 155 Å². The molecule has 0 radical (unpaired) electrons. The summed E-state index contributed by atoms with van der Waals surface area (Å²) in [5.41, 5.74) is 1.65. The predicted octanol–water partition coefficient (Wildman–Crippen LogP) is 3.54. The van der Waals surface area contributed by atoms with Crippen LogP contribution < -0.4 is 9.50 Å². The lowest BCUT2D eigenvalue weighted by atomic mass is 10.1. The molecule has 1 atom stereocenters. The molecule has 6 rings (SSSR count). The number of hydrogen-bond donors (Lipinski definition) is 2. The monoisotopic (exact) mass is 386 g/mol. The van der Waals surface area contributed by atoms with Crippen LogP contribution in [0.2, 0.25) is 0 Å². The largest absolute Gasteiger partial charge is 0.403 e. The molecule has 7 nitrogen and oxygen atoms in total. The molecule has 2 aromatic heterocycles. The third-order valence-corrected chi connectivity index (χ3v) is 7.83. The van der Waals surface area contributed by atoms with Gasteiger partial charge in [0.15, 0.2) is 10.0 Å². The Hall–Kier alpha value is -2.15. The second-order valence-electron chi connectivity index (χ2n) is 6.83. The zero-order valence-corrected chi connectivity index (χ0v) is 15.5. The van der Waals surface area contributed by atoms with Crippen molar-refractivity contribution in [1.29, 1.82) is 0 Å². The highest BCUT2D eigenvalue weighted by Crippen LogP contribution is 2.64. The standard InChI is InChI=1S/C17H14N4O3S2/c1-18-12-9(23-21-11(12)8-2-3-8)4-5-10-19-13-14(25-10)20-15-17(6-7-17)16(22)26(15)24-13/h8,18,22H,2-3,6-7H2,1H3. The molecular weight excluding hydrogens is 372 g/mol. The van der Waals surface area contributed by atoms with Crippen LogP contribution in [0.5, 0.6) is 5.88 Å². The minimum absolute atomic E-state index is 0.183. The maximum Gasteiger partial charge on any atom is 0.266 e. The second kappa shape index (κ2) is 4.97. The van der Waals surface area contributed by atoms with E-state index in [-0.39, 0.29) is 5.41 Å². The highest BCUT2D eigenvalue weighted by Gasteiger charge is 2.62. The molecule has 2 saturated carbocycles. The number of rotatable bonds is 2. The maximum atomic E-state index is 10.2. The fourth-order valence-corrected chi connectivity index (χ4v) is 6.08. The molecule has 2 N–H and O–H groups in total. The van der Waals surface area contributed by atoms with Gasteiger partial charge in [0.25, 0.3) is 5.88 Å². The van der Waals surface area contributed by atoms with E-state index in [2.05, 4.69) is 32.3 Å². The van der Waals surface area contributed by atoms with E-state index in [0.717, 1.165) is 47.1 Å². The van der Waals surface area contributed by atoms with E-state index < -0.39 is 10.8 Å². The minimum Gasteiger partial charge on any atom is -0.403 e. The number of aliphatic hydroxyl groups is 1. The van der Waals surface area contributed by atoms with E-state index in [4.69, 9.17) is 8.71 Å². The van der Waals surface area contributed by atoms with Crippen LogP contribution in [0.1, 0.15) is 48.1 Å². The summed E-state index contributed by atoms with van der Waals surface area (Å²) in [4.78, 5) is 9.10. The molecule has 0 amide bonds. The van der Waals surface area contributed by atoms with Crippen molar-refractivity contribution in [1.82, 2.24) is 10.1 Å². The van der Waals surface area contributed by atoms with Crippen molar-refractivity contribution in [3.05, 3.63) is 16.5 Å². The number of hydrogen-bond acceptors (Lipinski definition) is 7. The van der Waals surface area contributed by atoms with Crippen LogP contribution in [0.15, 0.2) is 9.52 Å². The lowest BCUT2D eigenvalue weighted by Gasteiger charge is -2.33. The molecule has 2 aliphatic carbocycles. The van der Waals surface area contributed by atoms with Crippen LogP contribution in [0, 0.1) is 17.3 Å². The smallest absolute Gasteiger partial charge is 0.266 e. The van der Waals surface area contributed by atoms with Gasteiger partial charge in [0.2, 0.25) is 5.76 Å². The summed E-state index contributed by atoms with van der Waals surface area (Å²) >= 11 is 1.40. The molecule has 0 aromatic carbocycles. The highest BCUT2D eigenvalue weighted by atomic mass is 32.2. The molecule has 4 heterocycles. The number of aliphatic hydroxyl groups excluding tert-OH is 1. The van der Waals surface area contributed by atoms with Gasteiger partial charge in [-0.3, -0.25) is 0 Å². The Bertz CT molecular complexity index is 1090. The van der Waals surface area contributed by atoms with E-state index in [9.17, 15) is 5.11 Å². The van der Waals surface area contributed by atoms with Gasteiger partial charge in [-0.25, -0.2) is 4.99 Å². The zero-order valence-electron chi connectivity index (χ0n) is 13.8. The van der Waals surface area contributed by atoms with E-state index >= 15 is 0 Å². The molecule has 1 unspecified atom stereocenters. The molecule has 4 aliphatic rings. The van der Waals surface area contributed by atoms with Crippen LogP contribution in [0.3, 0.4) is 0 Å². The first-order valence-corrected chi connectivity index (χ1v) is 10.4. The number of aromatic nitrogens is 2. The van der Waals surface area contributed by atoms with Gasteiger partial charge in [0.05, 0.1) is 16.2 Å². The minimum atomic E-state index is -0.714. The van der Waals surface area contributed by atoms with Crippen molar-refractivity contribution in [3.63, 3.8) is 0 Å². The Morgan fingerprint density at radius 1 is 1.35 bits per heavy atom. The van der Waals surface area contributed by atoms with Crippen molar-refractivity contribution in [3.8, 4) is 17.7 Å². The quantitative estimate of drug-likeness (QED) is 0.606. The van der Waals surface area contributed by atoms with E-state index in [0.29, 0.717) is 27.6 Å². The third-order valence-electron chi connectivity index (χ3n) is 5.08. The van der Waals surface area contributed by atoms with Crippen LogP contribution in [-0.4, -0.2) is 32.4 Å². The van der Waals surface area contributed by atoms with Crippen molar-refractivity contribution in [2.75, 3.05) is 12.4 Å². The van der Waals surface area contributed by atoms with Crippen molar-refractivity contribution >= 4 is 42.9 Å². The van der Waals surface area contributed by atoms with Gasteiger partial charge in [-0.05, 0) is 37.5 Å². The second-order valence-corrected chi connectivity index (χ2v) is 9.29. The molecule has 2 fully saturated rings. The number of fused-ring (bicyclic) bond motifs is 3.